The molecule has 2 aromatic rings. The number of piperazine rings is 1. The Morgan fingerprint density at radius 3 is 2.87 bits per heavy atom. The number of likely N-dealkylation sites (N-methyl/N-ethyl adjacent to an activating group) is 1. The van der Waals surface area contributed by atoms with Crippen LogP contribution in [0.3, 0.4) is 0 Å². The van der Waals surface area contributed by atoms with Crippen LogP contribution >= 0.6 is 11.8 Å². The largest absolute Gasteiger partial charge is 0.455 e. The molecule has 23 heavy (non-hydrogen) atoms. The predicted molar refractivity (Wildman–Crippen MR) is 88.3 cm³/mol. The van der Waals surface area contributed by atoms with Gasteiger partial charge in [-0.05, 0) is 32.2 Å². The van der Waals surface area contributed by atoms with E-state index in [-0.39, 0.29) is 5.91 Å². The zero-order valence-corrected chi connectivity index (χ0v) is 14.1. The van der Waals surface area contributed by atoms with Crippen molar-refractivity contribution in [3.8, 4) is 0 Å². The molecule has 0 radical (unpaired) electrons. The maximum Gasteiger partial charge on any atom is 0.289 e. The van der Waals surface area contributed by atoms with Gasteiger partial charge >= 0.3 is 0 Å². The van der Waals surface area contributed by atoms with Crippen molar-refractivity contribution in [2.24, 2.45) is 0 Å². The number of thioether (sulfide) groups is 1. The van der Waals surface area contributed by atoms with Gasteiger partial charge < -0.3 is 14.2 Å². The minimum Gasteiger partial charge on any atom is -0.455 e. The van der Waals surface area contributed by atoms with Crippen molar-refractivity contribution in [3.63, 3.8) is 0 Å². The summed E-state index contributed by atoms with van der Waals surface area (Å²) in [4.78, 5) is 25.0. The lowest BCUT2D eigenvalue weighted by Gasteiger charge is -2.37. The fourth-order valence-corrected chi connectivity index (χ4v) is 3.15. The van der Waals surface area contributed by atoms with E-state index in [1.165, 1.54) is 11.8 Å². The van der Waals surface area contributed by atoms with Crippen LogP contribution in [0.2, 0.25) is 0 Å². The highest BCUT2D eigenvalue weighted by molar-refractivity contribution is 7.98. The van der Waals surface area contributed by atoms with Crippen LogP contribution in [0.5, 0.6) is 0 Å². The van der Waals surface area contributed by atoms with Crippen molar-refractivity contribution >= 4 is 17.7 Å². The molecule has 0 aliphatic carbocycles. The van der Waals surface area contributed by atoms with Crippen LogP contribution in [0.1, 0.15) is 23.2 Å². The Hall–Kier alpha value is -1.86. The molecular formula is C16H20N4O2S. The third-order valence-corrected chi connectivity index (χ3v) is 4.90. The Kier molecular flexibility index (Phi) is 4.97. The smallest absolute Gasteiger partial charge is 0.289 e. The first kappa shape index (κ1) is 16.0. The molecule has 122 valence electrons. The number of carbonyl (C=O) groups is 1. The van der Waals surface area contributed by atoms with Crippen molar-refractivity contribution < 1.29 is 9.21 Å². The van der Waals surface area contributed by atoms with Crippen LogP contribution < -0.4 is 0 Å². The van der Waals surface area contributed by atoms with Crippen LogP contribution in [0, 0.1) is 0 Å². The second kappa shape index (κ2) is 7.14. The lowest BCUT2D eigenvalue weighted by Crippen LogP contribution is -2.51. The van der Waals surface area contributed by atoms with Gasteiger partial charge in [0.1, 0.15) is 5.76 Å². The maximum atomic E-state index is 12.5. The Labute approximate surface area is 139 Å². The second-order valence-corrected chi connectivity index (χ2v) is 6.61. The molecule has 1 saturated heterocycles. The van der Waals surface area contributed by atoms with Gasteiger partial charge in [-0.2, -0.15) is 0 Å². The molecule has 6 nitrogen and oxygen atoms in total. The molecule has 1 fully saturated rings. The number of hydrogen-bond donors (Lipinski definition) is 0. The summed E-state index contributed by atoms with van der Waals surface area (Å²) in [6.07, 6.45) is 3.42. The molecule has 2 aromatic heterocycles. The predicted octanol–water partition coefficient (Wildman–Crippen LogP) is 2.14. The quantitative estimate of drug-likeness (QED) is 0.631. The van der Waals surface area contributed by atoms with Gasteiger partial charge in [0.15, 0.2) is 10.9 Å². The highest BCUT2D eigenvalue weighted by Crippen LogP contribution is 2.21. The van der Waals surface area contributed by atoms with E-state index in [0.29, 0.717) is 22.7 Å². The minimum absolute atomic E-state index is 0.0304. The van der Waals surface area contributed by atoms with Crippen LogP contribution in [0.4, 0.5) is 0 Å². The zero-order valence-electron chi connectivity index (χ0n) is 13.3. The number of rotatable bonds is 4. The van der Waals surface area contributed by atoms with E-state index in [9.17, 15) is 4.79 Å². The Balaban J connectivity index is 1.59. The molecule has 3 rings (SSSR count). The Morgan fingerprint density at radius 2 is 2.13 bits per heavy atom. The molecule has 1 atom stereocenters. The zero-order chi connectivity index (χ0) is 16.2. The second-order valence-electron chi connectivity index (χ2n) is 5.67. The number of nitrogens with zero attached hydrogens (tertiary/aromatic N) is 4. The number of hydrogen-bond acceptors (Lipinski definition) is 6. The summed E-state index contributed by atoms with van der Waals surface area (Å²) in [5, 5.41) is 0.699. The molecule has 0 aromatic carbocycles. The van der Waals surface area contributed by atoms with Crippen LogP contribution in [0.25, 0.3) is 0 Å². The molecular weight excluding hydrogens is 312 g/mol. The van der Waals surface area contributed by atoms with Crippen molar-refractivity contribution in [2.75, 3.05) is 26.7 Å². The molecule has 0 saturated carbocycles. The summed E-state index contributed by atoms with van der Waals surface area (Å²) < 4.78 is 5.70. The summed E-state index contributed by atoms with van der Waals surface area (Å²) in [5.41, 5.74) is 0. The molecule has 3 heterocycles. The van der Waals surface area contributed by atoms with E-state index in [2.05, 4.69) is 28.8 Å². The van der Waals surface area contributed by atoms with Crippen LogP contribution in [0.15, 0.2) is 40.2 Å². The van der Waals surface area contributed by atoms with Gasteiger partial charge in [-0.15, -0.1) is 0 Å². The van der Waals surface area contributed by atoms with E-state index in [1.807, 2.05) is 11.0 Å². The number of aromatic nitrogens is 2. The van der Waals surface area contributed by atoms with E-state index in [1.54, 1.807) is 24.5 Å². The molecule has 0 spiro atoms. The molecule has 0 N–H and O–H groups in total. The Bertz CT molecular complexity index is 661. The van der Waals surface area contributed by atoms with Gasteiger partial charge in [0.25, 0.3) is 5.91 Å². The third-order valence-electron chi connectivity index (χ3n) is 4.00. The molecule has 1 aliphatic rings. The van der Waals surface area contributed by atoms with Gasteiger partial charge in [0.05, 0.1) is 5.75 Å². The average Bonchev–Trinajstić information content (AvgIpc) is 3.05. The molecule has 1 aliphatic heterocycles. The normalized spacial score (nSPS) is 19.0. The average molecular weight is 332 g/mol. The maximum absolute atomic E-state index is 12.5. The Morgan fingerprint density at radius 1 is 1.35 bits per heavy atom. The first-order valence-corrected chi connectivity index (χ1v) is 8.60. The molecule has 0 unspecified atom stereocenters. The highest BCUT2D eigenvalue weighted by Gasteiger charge is 2.26. The monoisotopic (exact) mass is 332 g/mol. The van der Waals surface area contributed by atoms with E-state index >= 15 is 0 Å². The van der Waals surface area contributed by atoms with Gasteiger partial charge in [-0.25, -0.2) is 9.97 Å². The van der Waals surface area contributed by atoms with Crippen LogP contribution in [-0.4, -0.2) is 58.4 Å². The lowest BCUT2D eigenvalue weighted by molar-refractivity contribution is 0.0541. The first-order valence-electron chi connectivity index (χ1n) is 7.61. The number of furan rings is 1. The van der Waals surface area contributed by atoms with Crippen LogP contribution in [-0.2, 0) is 5.75 Å². The fourth-order valence-electron chi connectivity index (χ4n) is 2.45. The van der Waals surface area contributed by atoms with Crippen molar-refractivity contribution in [1.82, 2.24) is 19.8 Å². The SMILES string of the molecule is C[C@@H]1CN(C(=O)c2ccc(CSc3ncccn3)o2)CCN1C. The number of amides is 1. The fraction of sp³-hybridized carbons (Fsp3) is 0.438. The van der Waals surface area contributed by atoms with Crippen molar-refractivity contribution in [3.05, 3.63) is 42.1 Å². The van der Waals surface area contributed by atoms with E-state index in [4.69, 9.17) is 4.42 Å². The summed E-state index contributed by atoms with van der Waals surface area (Å²) in [6, 6.07) is 5.76. The number of carbonyl (C=O) groups excluding carboxylic acids is 1. The third kappa shape index (κ3) is 3.92. The molecule has 1 amide bonds. The first-order chi connectivity index (χ1) is 11.1. The molecule has 7 heteroatoms. The van der Waals surface area contributed by atoms with Crippen molar-refractivity contribution in [2.45, 2.75) is 23.9 Å². The standard InChI is InChI=1S/C16H20N4O2S/c1-12-10-20(9-8-19(12)2)15(21)14-5-4-13(22-14)11-23-16-17-6-3-7-18-16/h3-7,12H,8-11H2,1-2H3/t12-/m1/s1. The summed E-state index contributed by atoms with van der Waals surface area (Å²) >= 11 is 1.49. The van der Waals surface area contributed by atoms with E-state index < -0.39 is 0 Å². The minimum atomic E-state index is -0.0304. The van der Waals surface area contributed by atoms with Gasteiger partial charge in [-0.3, -0.25) is 4.79 Å². The molecule has 0 bridgehead atoms. The topological polar surface area (TPSA) is 62.5 Å². The highest BCUT2D eigenvalue weighted by atomic mass is 32.2. The lowest BCUT2D eigenvalue weighted by atomic mass is 10.2. The van der Waals surface area contributed by atoms with Gasteiger partial charge in [-0.1, -0.05) is 11.8 Å². The summed E-state index contributed by atoms with van der Waals surface area (Å²) in [5.74, 6) is 1.74. The van der Waals surface area contributed by atoms with E-state index in [0.717, 1.165) is 25.4 Å². The summed E-state index contributed by atoms with van der Waals surface area (Å²) in [7, 11) is 2.08. The summed E-state index contributed by atoms with van der Waals surface area (Å²) in [6.45, 7) is 4.49. The van der Waals surface area contributed by atoms with Gasteiger partial charge in [0, 0.05) is 38.1 Å². The van der Waals surface area contributed by atoms with Crippen molar-refractivity contribution in [1.29, 1.82) is 0 Å². The van der Waals surface area contributed by atoms with Gasteiger partial charge in [0.2, 0.25) is 0 Å².